The highest BCUT2D eigenvalue weighted by Gasteiger charge is 2.30. The molecule has 0 N–H and O–H groups in total. The zero-order valence-electron chi connectivity index (χ0n) is 15.2. The normalized spacial score (nSPS) is 17.4. The lowest BCUT2D eigenvalue weighted by Gasteiger charge is -2.34. The molecule has 0 unspecified atom stereocenters. The molecule has 4 nitrogen and oxygen atoms in total. The minimum absolute atomic E-state index is 0.106. The number of nitrogens with zero attached hydrogens (tertiary/aromatic N) is 3. The molecule has 0 spiro atoms. The molecule has 1 aliphatic rings. The topological polar surface area (TPSA) is 46.1 Å². The molecule has 4 aromatic rings. The number of amides is 1. The fourth-order valence-corrected chi connectivity index (χ4v) is 6.71. The number of piperidine rings is 1. The number of thioether (sulfide) groups is 1. The third kappa shape index (κ3) is 3.54. The second-order valence-corrected chi connectivity index (χ2v) is 10.2. The molecule has 28 heavy (non-hydrogen) atoms. The summed E-state index contributed by atoms with van der Waals surface area (Å²) < 4.78 is 3.32. The molecule has 2 aromatic carbocycles. The number of carbonyl (C=O) groups excluding carboxylic acids is 1. The molecule has 1 saturated heterocycles. The quantitative estimate of drug-likeness (QED) is 0.391. The molecule has 0 saturated carbocycles. The Hall–Kier alpha value is -1.96. The van der Waals surface area contributed by atoms with E-state index < -0.39 is 0 Å². The SMILES string of the molecule is O=C(CSc1nc2ccccc2s1)N1CCCC[C@H]1c1nc2ccccc2s1. The smallest absolute Gasteiger partial charge is 0.233 e. The summed E-state index contributed by atoms with van der Waals surface area (Å²) in [6.07, 6.45) is 3.21. The minimum Gasteiger partial charge on any atom is -0.332 e. The van der Waals surface area contributed by atoms with Crippen molar-refractivity contribution in [2.75, 3.05) is 12.3 Å². The Morgan fingerprint density at radius 3 is 2.46 bits per heavy atom. The van der Waals surface area contributed by atoms with Gasteiger partial charge in [0.1, 0.15) is 5.01 Å². The first-order valence-electron chi connectivity index (χ1n) is 9.41. The Labute approximate surface area is 175 Å². The molecule has 1 atom stereocenters. The number of carbonyl (C=O) groups is 1. The van der Waals surface area contributed by atoms with Crippen LogP contribution in [0.2, 0.25) is 0 Å². The van der Waals surface area contributed by atoms with Crippen LogP contribution in [-0.2, 0) is 4.79 Å². The highest BCUT2D eigenvalue weighted by Crippen LogP contribution is 2.36. The number of aromatic nitrogens is 2. The van der Waals surface area contributed by atoms with Crippen molar-refractivity contribution in [3.63, 3.8) is 0 Å². The van der Waals surface area contributed by atoms with Crippen molar-refractivity contribution in [3.8, 4) is 0 Å². The maximum absolute atomic E-state index is 13.0. The Kier molecular flexibility index (Phi) is 5.05. The van der Waals surface area contributed by atoms with E-state index in [0.29, 0.717) is 5.75 Å². The van der Waals surface area contributed by atoms with Gasteiger partial charge in [0, 0.05) is 6.54 Å². The Bertz CT molecular complexity index is 1070. The van der Waals surface area contributed by atoms with Crippen molar-refractivity contribution >= 4 is 60.8 Å². The van der Waals surface area contributed by atoms with Crippen molar-refractivity contribution in [2.45, 2.75) is 29.6 Å². The van der Waals surface area contributed by atoms with Crippen LogP contribution in [0.1, 0.15) is 30.3 Å². The number of rotatable bonds is 4. The second-order valence-electron chi connectivity index (χ2n) is 6.85. The van der Waals surface area contributed by atoms with Crippen LogP contribution in [0.15, 0.2) is 52.9 Å². The summed E-state index contributed by atoms with van der Waals surface area (Å²) in [5.41, 5.74) is 2.04. The van der Waals surface area contributed by atoms with E-state index in [0.717, 1.165) is 46.2 Å². The van der Waals surface area contributed by atoms with Crippen molar-refractivity contribution in [1.82, 2.24) is 14.9 Å². The van der Waals surface area contributed by atoms with E-state index in [9.17, 15) is 4.79 Å². The van der Waals surface area contributed by atoms with Gasteiger partial charge in [-0.3, -0.25) is 4.79 Å². The first kappa shape index (κ1) is 18.1. The van der Waals surface area contributed by atoms with Gasteiger partial charge in [-0.2, -0.15) is 0 Å². The Balaban J connectivity index is 1.33. The third-order valence-corrected chi connectivity index (χ3v) is 8.31. The van der Waals surface area contributed by atoms with Gasteiger partial charge in [-0.15, -0.1) is 22.7 Å². The summed E-state index contributed by atoms with van der Waals surface area (Å²) in [6.45, 7) is 0.819. The lowest BCUT2D eigenvalue weighted by atomic mass is 10.0. The number of hydrogen-bond acceptors (Lipinski definition) is 6. The average molecular weight is 426 g/mol. The van der Waals surface area contributed by atoms with E-state index in [-0.39, 0.29) is 11.9 Å². The zero-order chi connectivity index (χ0) is 18.9. The molecule has 0 bridgehead atoms. The monoisotopic (exact) mass is 425 g/mol. The predicted octanol–water partition coefficient (Wildman–Crippen LogP) is 5.75. The molecule has 1 aliphatic heterocycles. The molecule has 2 aromatic heterocycles. The third-order valence-electron chi connectivity index (χ3n) is 5.01. The van der Waals surface area contributed by atoms with Crippen LogP contribution in [0.4, 0.5) is 0 Å². The molecule has 7 heteroatoms. The molecule has 3 heterocycles. The van der Waals surface area contributed by atoms with Gasteiger partial charge in [-0.05, 0) is 43.5 Å². The second kappa shape index (κ2) is 7.81. The van der Waals surface area contributed by atoms with Gasteiger partial charge in [-0.1, -0.05) is 36.0 Å². The lowest BCUT2D eigenvalue weighted by molar-refractivity contribution is -0.132. The Morgan fingerprint density at radius 1 is 1.00 bits per heavy atom. The predicted molar refractivity (Wildman–Crippen MR) is 118 cm³/mol. The number of thiazole rings is 2. The fraction of sp³-hybridized carbons (Fsp3) is 0.286. The van der Waals surface area contributed by atoms with Crippen LogP contribution in [0.25, 0.3) is 20.4 Å². The molecule has 142 valence electrons. The van der Waals surface area contributed by atoms with E-state index in [1.54, 1.807) is 34.4 Å². The van der Waals surface area contributed by atoms with Gasteiger partial charge in [0.25, 0.3) is 0 Å². The van der Waals surface area contributed by atoms with Gasteiger partial charge in [0.15, 0.2) is 4.34 Å². The van der Waals surface area contributed by atoms with E-state index in [1.807, 2.05) is 41.3 Å². The van der Waals surface area contributed by atoms with E-state index in [2.05, 4.69) is 17.1 Å². The maximum atomic E-state index is 13.0. The molecular formula is C21H19N3OS3. The molecule has 0 aliphatic carbocycles. The molecule has 1 amide bonds. The molecule has 1 fully saturated rings. The standard InChI is InChI=1S/C21H19N3OS3/c25-19(13-26-21-23-15-8-2-4-11-18(15)28-21)24-12-6-5-9-16(24)20-22-14-7-1-3-10-17(14)27-20/h1-4,7-8,10-11,16H,5-6,9,12-13H2/t16-/m0/s1. The highest BCUT2D eigenvalue weighted by molar-refractivity contribution is 8.01. The van der Waals surface area contributed by atoms with Gasteiger partial charge in [-0.25, -0.2) is 9.97 Å². The first-order chi connectivity index (χ1) is 13.8. The number of hydrogen-bond donors (Lipinski definition) is 0. The van der Waals surface area contributed by atoms with Crippen molar-refractivity contribution in [2.24, 2.45) is 0 Å². The van der Waals surface area contributed by atoms with Crippen LogP contribution < -0.4 is 0 Å². The van der Waals surface area contributed by atoms with Crippen molar-refractivity contribution in [3.05, 3.63) is 53.5 Å². The molecule has 5 rings (SSSR count). The summed E-state index contributed by atoms with van der Waals surface area (Å²) in [6, 6.07) is 16.4. The minimum atomic E-state index is 0.106. The average Bonchev–Trinajstić information content (AvgIpc) is 3.35. The van der Waals surface area contributed by atoms with Gasteiger partial charge in [0.2, 0.25) is 5.91 Å². The van der Waals surface area contributed by atoms with Gasteiger partial charge in [0.05, 0.1) is 32.2 Å². The summed E-state index contributed by atoms with van der Waals surface area (Å²) in [5.74, 6) is 0.620. The molecule has 0 radical (unpaired) electrons. The zero-order valence-corrected chi connectivity index (χ0v) is 17.7. The van der Waals surface area contributed by atoms with Gasteiger partial charge < -0.3 is 4.90 Å². The Morgan fingerprint density at radius 2 is 1.71 bits per heavy atom. The number of benzene rings is 2. The summed E-state index contributed by atoms with van der Waals surface area (Å²) in [5, 5.41) is 1.07. The maximum Gasteiger partial charge on any atom is 0.233 e. The summed E-state index contributed by atoms with van der Waals surface area (Å²) in [7, 11) is 0. The number of likely N-dealkylation sites (tertiary alicyclic amines) is 1. The summed E-state index contributed by atoms with van der Waals surface area (Å²) in [4.78, 5) is 24.5. The first-order valence-corrected chi connectivity index (χ1v) is 12.0. The van der Waals surface area contributed by atoms with E-state index in [1.165, 1.54) is 9.40 Å². The lowest BCUT2D eigenvalue weighted by Crippen LogP contribution is -2.39. The fourth-order valence-electron chi connectivity index (χ4n) is 3.64. The molecular weight excluding hydrogens is 406 g/mol. The highest BCUT2D eigenvalue weighted by atomic mass is 32.2. The largest absolute Gasteiger partial charge is 0.332 e. The summed E-state index contributed by atoms with van der Waals surface area (Å²) >= 11 is 4.93. The van der Waals surface area contributed by atoms with Crippen LogP contribution in [0, 0.1) is 0 Å². The van der Waals surface area contributed by atoms with Crippen LogP contribution >= 0.6 is 34.4 Å². The van der Waals surface area contributed by atoms with Crippen molar-refractivity contribution < 1.29 is 4.79 Å². The number of fused-ring (bicyclic) bond motifs is 2. The van der Waals surface area contributed by atoms with Crippen molar-refractivity contribution in [1.29, 1.82) is 0 Å². The van der Waals surface area contributed by atoms with E-state index >= 15 is 0 Å². The number of para-hydroxylation sites is 2. The van der Waals surface area contributed by atoms with E-state index in [4.69, 9.17) is 4.98 Å². The van der Waals surface area contributed by atoms with Crippen LogP contribution in [0.5, 0.6) is 0 Å². The van der Waals surface area contributed by atoms with Crippen LogP contribution in [0.3, 0.4) is 0 Å². The van der Waals surface area contributed by atoms with Gasteiger partial charge >= 0.3 is 0 Å². The van der Waals surface area contributed by atoms with Crippen LogP contribution in [-0.4, -0.2) is 33.1 Å².